The van der Waals surface area contributed by atoms with E-state index in [1.54, 1.807) is 6.07 Å². The quantitative estimate of drug-likeness (QED) is 0.751. The van der Waals surface area contributed by atoms with Crippen molar-refractivity contribution >= 4 is 5.69 Å². The molecule has 0 bridgehead atoms. The lowest BCUT2D eigenvalue weighted by Crippen LogP contribution is -2.20. The Kier molecular flexibility index (Phi) is 5.02. The molecule has 0 saturated heterocycles. The van der Waals surface area contributed by atoms with Gasteiger partial charge in [-0.05, 0) is 30.7 Å². The number of anilines is 1. The first kappa shape index (κ1) is 14.0. The third-order valence-electron chi connectivity index (χ3n) is 3.10. The van der Waals surface area contributed by atoms with Gasteiger partial charge in [0.25, 0.3) is 0 Å². The summed E-state index contributed by atoms with van der Waals surface area (Å²) in [6, 6.07) is 19.7. The highest BCUT2D eigenvalue weighted by Gasteiger charge is 2.02. The fraction of sp³-hybridized carbons (Fsp3) is 0.235. The fourth-order valence-electron chi connectivity index (χ4n) is 1.98. The molecule has 2 rings (SSSR count). The molecular weight excluding hydrogens is 248 g/mol. The second kappa shape index (κ2) is 7.20. The summed E-state index contributed by atoms with van der Waals surface area (Å²) in [6.07, 6.45) is 0.908. The molecule has 0 aliphatic rings. The van der Waals surface area contributed by atoms with E-state index >= 15 is 0 Å². The van der Waals surface area contributed by atoms with Gasteiger partial charge in [-0.3, -0.25) is 0 Å². The SMILES string of the molecule is CN(CCCOc1ccccc1C#N)c1ccccc1. The van der Waals surface area contributed by atoms with Gasteiger partial charge >= 0.3 is 0 Å². The van der Waals surface area contributed by atoms with Gasteiger partial charge < -0.3 is 9.64 Å². The van der Waals surface area contributed by atoms with E-state index in [0.717, 1.165) is 13.0 Å². The Labute approximate surface area is 120 Å². The maximum absolute atomic E-state index is 8.97. The summed E-state index contributed by atoms with van der Waals surface area (Å²) in [7, 11) is 2.07. The molecule has 2 aromatic rings. The highest BCUT2D eigenvalue weighted by Crippen LogP contribution is 2.17. The van der Waals surface area contributed by atoms with E-state index in [1.165, 1.54) is 5.69 Å². The van der Waals surface area contributed by atoms with Gasteiger partial charge in [0.2, 0.25) is 0 Å². The Hall–Kier alpha value is -2.47. The molecule has 0 aliphatic carbocycles. The summed E-state index contributed by atoms with van der Waals surface area (Å²) >= 11 is 0. The zero-order valence-corrected chi connectivity index (χ0v) is 11.6. The summed E-state index contributed by atoms with van der Waals surface area (Å²) in [5.41, 5.74) is 1.79. The third-order valence-corrected chi connectivity index (χ3v) is 3.10. The molecule has 0 radical (unpaired) electrons. The smallest absolute Gasteiger partial charge is 0.137 e. The zero-order chi connectivity index (χ0) is 14.2. The predicted molar refractivity (Wildman–Crippen MR) is 81.0 cm³/mol. The maximum Gasteiger partial charge on any atom is 0.137 e. The molecule has 0 unspecified atom stereocenters. The first-order chi connectivity index (χ1) is 9.81. The third kappa shape index (κ3) is 3.76. The molecule has 3 heteroatoms. The van der Waals surface area contributed by atoms with Crippen LogP contribution in [0.1, 0.15) is 12.0 Å². The van der Waals surface area contributed by atoms with Crippen molar-refractivity contribution in [2.75, 3.05) is 25.1 Å². The summed E-state index contributed by atoms with van der Waals surface area (Å²) in [5, 5.41) is 8.97. The van der Waals surface area contributed by atoms with Gasteiger partial charge in [0.15, 0.2) is 0 Å². The molecule has 2 aromatic carbocycles. The average molecular weight is 266 g/mol. The number of hydrogen-bond donors (Lipinski definition) is 0. The summed E-state index contributed by atoms with van der Waals surface area (Å²) < 4.78 is 5.67. The monoisotopic (exact) mass is 266 g/mol. The standard InChI is InChI=1S/C17H18N2O/c1-19(16-9-3-2-4-10-16)12-7-13-20-17-11-6-5-8-15(17)14-18/h2-6,8-11H,7,12-13H2,1H3. The number of nitrogens with zero attached hydrogens (tertiary/aromatic N) is 2. The Bertz CT molecular complexity index is 575. The number of ether oxygens (including phenoxy) is 1. The van der Waals surface area contributed by atoms with Crippen LogP contribution in [-0.4, -0.2) is 20.2 Å². The van der Waals surface area contributed by atoms with Crippen LogP contribution in [0.25, 0.3) is 0 Å². The van der Waals surface area contributed by atoms with Crippen molar-refractivity contribution in [1.82, 2.24) is 0 Å². The normalized spacial score (nSPS) is 9.80. The van der Waals surface area contributed by atoms with Crippen LogP contribution in [0.3, 0.4) is 0 Å². The first-order valence-corrected chi connectivity index (χ1v) is 6.69. The molecule has 0 amide bonds. The second-order valence-corrected chi connectivity index (χ2v) is 4.57. The van der Waals surface area contributed by atoms with Crippen molar-refractivity contribution in [2.45, 2.75) is 6.42 Å². The Morgan fingerprint density at radius 1 is 1.05 bits per heavy atom. The molecule has 102 valence electrons. The average Bonchev–Trinajstić information content (AvgIpc) is 2.52. The molecular formula is C17H18N2O. The van der Waals surface area contributed by atoms with Crippen LogP contribution < -0.4 is 9.64 Å². The van der Waals surface area contributed by atoms with E-state index in [0.29, 0.717) is 17.9 Å². The van der Waals surface area contributed by atoms with Crippen LogP contribution in [0.4, 0.5) is 5.69 Å². The van der Waals surface area contributed by atoms with E-state index in [4.69, 9.17) is 10.00 Å². The van der Waals surface area contributed by atoms with Crippen LogP contribution in [0.2, 0.25) is 0 Å². The molecule has 0 atom stereocenters. The molecule has 0 aromatic heterocycles. The number of hydrogen-bond acceptors (Lipinski definition) is 3. The fourth-order valence-corrected chi connectivity index (χ4v) is 1.98. The van der Waals surface area contributed by atoms with Crippen LogP contribution in [0.15, 0.2) is 54.6 Å². The first-order valence-electron chi connectivity index (χ1n) is 6.69. The summed E-state index contributed by atoms with van der Waals surface area (Å²) in [5.74, 6) is 0.664. The van der Waals surface area contributed by atoms with Gasteiger partial charge in [-0.25, -0.2) is 0 Å². The van der Waals surface area contributed by atoms with E-state index in [2.05, 4.69) is 30.1 Å². The van der Waals surface area contributed by atoms with Gasteiger partial charge in [-0.1, -0.05) is 30.3 Å². The molecule has 0 aliphatic heterocycles. The summed E-state index contributed by atoms with van der Waals surface area (Å²) in [4.78, 5) is 2.19. The van der Waals surface area contributed by atoms with E-state index in [1.807, 2.05) is 36.4 Å². The molecule has 0 saturated carbocycles. The predicted octanol–water partition coefficient (Wildman–Crippen LogP) is 3.46. The largest absolute Gasteiger partial charge is 0.492 e. The molecule has 0 spiro atoms. The molecule has 0 fully saturated rings. The minimum absolute atomic E-state index is 0.587. The molecule has 0 heterocycles. The lowest BCUT2D eigenvalue weighted by Gasteiger charge is -2.19. The topological polar surface area (TPSA) is 36.3 Å². The van der Waals surface area contributed by atoms with Gasteiger partial charge in [0, 0.05) is 19.3 Å². The summed E-state index contributed by atoms with van der Waals surface area (Å²) in [6.45, 7) is 1.52. The zero-order valence-electron chi connectivity index (χ0n) is 11.6. The number of rotatable bonds is 6. The van der Waals surface area contributed by atoms with Crippen LogP contribution >= 0.6 is 0 Å². The van der Waals surface area contributed by atoms with Gasteiger partial charge in [-0.15, -0.1) is 0 Å². The Balaban J connectivity index is 1.78. The minimum atomic E-state index is 0.587. The van der Waals surface area contributed by atoms with Crippen molar-refractivity contribution in [3.05, 3.63) is 60.2 Å². The lowest BCUT2D eigenvalue weighted by atomic mass is 10.2. The maximum atomic E-state index is 8.97. The van der Waals surface area contributed by atoms with Crippen LogP contribution in [-0.2, 0) is 0 Å². The van der Waals surface area contributed by atoms with Crippen LogP contribution in [0, 0.1) is 11.3 Å². The van der Waals surface area contributed by atoms with Crippen molar-refractivity contribution in [1.29, 1.82) is 5.26 Å². The molecule has 3 nitrogen and oxygen atoms in total. The van der Waals surface area contributed by atoms with Crippen molar-refractivity contribution in [2.24, 2.45) is 0 Å². The molecule has 20 heavy (non-hydrogen) atoms. The van der Waals surface area contributed by atoms with Gasteiger partial charge in [0.1, 0.15) is 11.8 Å². The molecule has 0 N–H and O–H groups in total. The van der Waals surface area contributed by atoms with Crippen molar-refractivity contribution < 1.29 is 4.74 Å². The van der Waals surface area contributed by atoms with E-state index in [9.17, 15) is 0 Å². The van der Waals surface area contributed by atoms with Gasteiger partial charge in [0.05, 0.1) is 12.2 Å². The highest BCUT2D eigenvalue weighted by atomic mass is 16.5. The van der Waals surface area contributed by atoms with Crippen molar-refractivity contribution in [3.63, 3.8) is 0 Å². The van der Waals surface area contributed by atoms with Gasteiger partial charge in [-0.2, -0.15) is 5.26 Å². The van der Waals surface area contributed by atoms with Crippen LogP contribution in [0.5, 0.6) is 5.75 Å². The lowest BCUT2D eigenvalue weighted by molar-refractivity contribution is 0.311. The van der Waals surface area contributed by atoms with E-state index < -0.39 is 0 Å². The number of nitriles is 1. The number of para-hydroxylation sites is 2. The number of benzene rings is 2. The Morgan fingerprint density at radius 2 is 1.75 bits per heavy atom. The Morgan fingerprint density at radius 3 is 2.50 bits per heavy atom. The van der Waals surface area contributed by atoms with Crippen molar-refractivity contribution in [3.8, 4) is 11.8 Å². The van der Waals surface area contributed by atoms with E-state index in [-0.39, 0.29) is 0 Å². The highest BCUT2D eigenvalue weighted by molar-refractivity contribution is 5.45. The minimum Gasteiger partial charge on any atom is -0.492 e. The second-order valence-electron chi connectivity index (χ2n) is 4.57.